The highest BCUT2D eigenvalue weighted by molar-refractivity contribution is 7.89. The second-order valence-corrected chi connectivity index (χ2v) is 9.86. The van der Waals surface area contributed by atoms with E-state index in [2.05, 4.69) is 4.57 Å². The van der Waals surface area contributed by atoms with E-state index < -0.39 is 16.0 Å². The summed E-state index contributed by atoms with van der Waals surface area (Å²) in [6.07, 6.45) is 2.23. The minimum atomic E-state index is -3.72. The maximum absolute atomic E-state index is 12.9. The zero-order chi connectivity index (χ0) is 22.9. The van der Waals surface area contributed by atoms with Gasteiger partial charge in [0, 0.05) is 36.1 Å². The zero-order valence-corrected chi connectivity index (χ0v) is 19.6. The molecular formula is C23H30N2O5S. The highest BCUT2D eigenvalue weighted by Crippen LogP contribution is 2.38. The molecule has 2 aromatic rings. The van der Waals surface area contributed by atoms with Crippen LogP contribution in [0.15, 0.2) is 29.2 Å². The molecule has 3 rings (SSSR count). The van der Waals surface area contributed by atoms with Crippen LogP contribution in [0, 0.1) is 20.8 Å². The van der Waals surface area contributed by atoms with Gasteiger partial charge in [0.05, 0.1) is 10.5 Å². The van der Waals surface area contributed by atoms with Crippen LogP contribution in [0.4, 0.5) is 0 Å². The smallest absolute Gasteiger partial charge is 0.338 e. The Morgan fingerprint density at radius 3 is 2.32 bits per heavy atom. The van der Waals surface area contributed by atoms with Crippen molar-refractivity contribution in [2.45, 2.75) is 58.4 Å². The lowest BCUT2D eigenvalue weighted by Crippen LogP contribution is -2.31. The molecule has 1 fully saturated rings. The number of benzene rings is 1. The van der Waals surface area contributed by atoms with Gasteiger partial charge in [0.1, 0.15) is 0 Å². The summed E-state index contributed by atoms with van der Waals surface area (Å²) in [7, 11) is -3.72. The summed E-state index contributed by atoms with van der Waals surface area (Å²) in [6.45, 7) is 9.37. The standard InChI is InChI=1S/C23H30N2O5S/c1-6-24(7-2)31(28,29)22-13-18(9-8-15(22)3)23(27)30-14-21(26)20-12-16(4)25(17(20)5)19-10-11-19/h8-9,12-13,19H,6-7,10-11,14H2,1-5H3. The van der Waals surface area contributed by atoms with Gasteiger partial charge < -0.3 is 9.30 Å². The van der Waals surface area contributed by atoms with Gasteiger partial charge in [0.15, 0.2) is 6.61 Å². The average Bonchev–Trinajstić information content (AvgIpc) is 3.51. The molecule has 31 heavy (non-hydrogen) atoms. The molecule has 0 bridgehead atoms. The molecule has 0 amide bonds. The van der Waals surface area contributed by atoms with Gasteiger partial charge in [-0.15, -0.1) is 0 Å². The summed E-state index contributed by atoms with van der Waals surface area (Å²) in [4.78, 5) is 25.3. The molecule has 0 aliphatic heterocycles. The lowest BCUT2D eigenvalue weighted by Gasteiger charge is -2.20. The van der Waals surface area contributed by atoms with E-state index in [0.29, 0.717) is 30.3 Å². The second kappa shape index (κ2) is 8.96. The van der Waals surface area contributed by atoms with E-state index in [1.54, 1.807) is 26.8 Å². The van der Waals surface area contributed by atoms with E-state index in [-0.39, 0.29) is 22.8 Å². The molecule has 1 aliphatic rings. The fourth-order valence-electron chi connectivity index (χ4n) is 3.95. The quantitative estimate of drug-likeness (QED) is 0.432. The van der Waals surface area contributed by atoms with Crippen LogP contribution in [0.2, 0.25) is 0 Å². The Bertz CT molecular complexity index is 1110. The molecule has 1 heterocycles. The lowest BCUT2D eigenvalue weighted by atomic mass is 10.1. The highest BCUT2D eigenvalue weighted by atomic mass is 32.2. The Labute approximate surface area is 184 Å². The van der Waals surface area contributed by atoms with Crippen molar-refractivity contribution in [1.82, 2.24) is 8.87 Å². The van der Waals surface area contributed by atoms with Gasteiger partial charge in [0.2, 0.25) is 15.8 Å². The number of ketones is 1. The van der Waals surface area contributed by atoms with Crippen molar-refractivity contribution in [2.75, 3.05) is 19.7 Å². The third-order valence-corrected chi connectivity index (χ3v) is 7.97. The van der Waals surface area contributed by atoms with Gasteiger partial charge in [-0.05, 0) is 57.4 Å². The molecule has 168 valence electrons. The third kappa shape index (κ3) is 4.60. The second-order valence-electron chi connectivity index (χ2n) is 7.95. The van der Waals surface area contributed by atoms with Crippen molar-refractivity contribution in [2.24, 2.45) is 0 Å². The van der Waals surface area contributed by atoms with Crippen LogP contribution in [0.25, 0.3) is 0 Å². The molecule has 0 atom stereocenters. The fraction of sp³-hybridized carbons (Fsp3) is 0.478. The van der Waals surface area contributed by atoms with Crippen molar-refractivity contribution in [3.8, 4) is 0 Å². The first-order valence-corrected chi connectivity index (χ1v) is 12.0. The number of sulfonamides is 1. The van der Waals surface area contributed by atoms with Crippen molar-refractivity contribution in [1.29, 1.82) is 0 Å². The van der Waals surface area contributed by atoms with Crippen LogP contribution < -0.4 is 0 Å². The Morgan fingerprint density at radius 2 is 1.74 bits per heavy atom. The summed E-state index contributed by atoms with van der Waals surface area (Å²) in [5, 5.41) is 0. The van der Waals surface area contributed by atoms with Crippen LogP contribution >= 0.6 is 0 Å². The summed E-state index contributed by atoms with van der Waals surface area (Å²) < 4.78 is 34.5. The molecule has 0 unspecified atom stereocenters. The Morgan fingerprint density at radius 1 is 1.10 bits per heavy atom. The highest BCUT2D eigenvalue weighted by Gasteiger charge is 2.29. The number of esters is 1. The minimum absolute atomic E-state index is 0.0740. The van der Waals surface area contributed by atoms with Gasteiger partial charge in [-0.25, -0.2) is 13.2 Å². The molecule has 1 aliphatic carbocycles. The number of hydrogen-bond acceptors (Lipinski definition) is 5. The Kier molecular flexibility index (Phi) is 6.71. The predicted octanol–water partition coefficient (Wildman–Crippen LogP) is 3.82. The number of nitrogens with zero attached hydrogens (tertiary/aromatic N) is 2. The zero-order valence-electron chi connectivity index (χ0n) is 18.8. The van der Waals surface area contributed by atoms with Gasteiger partial charge in [-0.2, -0.15) is 4.31 Å². The van der Waals surface area contributed by atoms with E-state index >= 15 is 0 Å². The number of carbonyl (C=O) groups is 2. The van der Waals surface area contributed by atoms with Crippen LogP contribution in [0.5, 0.6) is 0 Å². The van der Waals surface area contributed by atoms with Gasteiger partial charge in [-0.3, -0.25) is 4.79 Å². The number of carbonyl (C=O) groups excluding carboxylic acids is 2. The number of aromatic nitrogens is 1. The first-order valence-electron chi connectivity index (χ1n) is 10.6. The van der Waals surface area contributed by atoms with E-state index in [4.69, 9.17) is 4.74 Å². The molecule has 0 saturated heterocycles. The van der Waals surface area contributed by atoms with E-state index in [1.165, 1.54) is 16.4 Å². The van der Waals surface area contributed by atoms with Gasteiger partial charge >= 0.3 is 5.97 Å². The third-order valence-electron chi connectivity index (χ3n) is 5.78. The Hall–Kier alpha value is -2.45. The fourth-order valence-corrected chi connectivity index (χ4v) is 5.66. The molecule has 0 N–H and O–H groups in total. The molecule has 8 heteroatoms. The van der Waals surface area contributed by atoms with E-state index in [0.717, 1.165) is 24.2 Å². The van der Waals surface area contributed by atoms with Crippen molar-refractivity contribution in [3.63, 3.8) is 0 Å². The molecule has 0 spiro atoms. The Balaban J connectivity index is 1.76. The summed E-state index contributed by atoms with van der Waals surface area (Å²) in [5.74, 6) is -0.989. The molecular weight excluding hydrogens is 416 g/mol. The first kappa shape index (κ1) is 23.2. The van der Waals surface area contributed by atoms with Gasteiger partial charge in [-0.1, -0.05) is 19.9 Å². The number of aryl methyl sites for hydroxylation is 2. The first-order chi connectivity index (χ1) is 14.6. The van der Waals surface area contributed by atoms with E-state index in [9.17, 15) is 18.0 Å². The largest absolute Gasteiger partial charge is 0.454 e. The maximum atomic E-state index is 12.9. The molecule has 1 aromatic heterocycles. The topological polar surface area (TPSA) is 85.7 Å². The van der Waals surface area contributed by atoms with Crippen molar-refractivity contribution in [3.05, 3.63) is 52.3 Å². The van der Waals surface area contributed by atoms with Gasteiger partial charge in [0.25, 0.3) is 0 Å². The number of hydrogen-bond donors (Lipinski definition) is 0. The SMILES string of the molecule is CCN(CC)S(=O)(=O)c1cc(C(=O)OCC(=O)c2cc(C)n(C3CC3)c2C)ccc1C. The normalized spacial score (nSPS) is 14.1. The lowest BCUT2D eigenvalue weighted by molar-refractivity contribution is 0.0474. The molecule has 1 aromatic carbocycles. The number of ether oxygens (including phenoxy) is 1. The van der Waals surface area contributed by atoms with Crippen LogP contribution in [0.3, 0.4) is 0 Å². The van der Waals surface area contributed by atoms with Crippen molar-refractivity contribution >= 4 is 21.8 Å². The molecule has 7 nitrogen and oxygen atoms in total. The van der Waals surface area contributed by atoms with Crippen molar-refractivity contribution < 1.29 is 22.7 Å². The number of rotatable bonds is 9. The maximum Gasteiger partial charge on any atom is 0.338 e. The average molecular weight is 447 g/mol. The minimum Gasteiger partial charge on any atom is -0.454 e. The van der Waals surface area contributed by atoms with Crippen LogP contribution in [-0.2, 0) is 14.8 Å². The van der Waals surface area contributed by atoms with E-state index in [1.807, 2.05) is 19.9 Å². The number of Topliss-reactive ketones (excluding diaryl/α,β-unsaturated/α-hetero) is 1. The van der Waals surface area contributed by atoms with Crippen LogP contribution in [-0.4, -0.2) is 48.7 Å². The molecule has 1 saturated carbocycles. The monoisotopic (exact) mass is 446 g/mol. The van der Waals surface area contributed by atoms with Crippen LogP contribution in [0.1, 0.15) is 70.4 Å². The summed E-state index contributed by atoms with van der Waals surface area (Å²) in [5.41, 5.74) is 3.13. The summed E-state index contributed by atoms with van der Waals surface area (Å²) in [6, 6.07) is 6.72. The molecule has 0 radical (unpaired) electrons. The predicted molar refractivity (Wildman–Crippen MR) is 118 cm³/mol. The summed E-state index contributed by atoms with van der Waals surface area (Å²) >= 11 is 0.